The molecule has 132 valence electrons. The Labute approximate surface area is 150 Å². The topological polar surface area (TPSA) is 36.9 Å². The maximum absolute atomic E-state index is 6.00. The summed E-state index contributed by atoms with van der Waals surface area (Å²) in [5, 5.41) is 4.33. The smallest absolute Gasteiger partial charge is 0.193 e. The number of hydrogen-bond acceptors (Lipinski definition) is 2. The maximum atomic E-state index is 6.00. The van der Waals surface area contributed by atoms with E-state index in [0.29, 0.717) is 0 Å². The summed E-state index contributed by atoms with van der Waals surface area (Å²) in [7, 11) is 3.91. The van der Waals surface area contributed by atoms with E-state index < -0.39 is 0 Å². The van der Waals surface area contributed by atoms with E-state index in [1.54, 1.807) is 0 Å². The highest BCUT2D eigenvalue weighted by molar-refractivity contribution is 6.30. The van der Waals surface area contributed by atoms with Gasteiger partial charge < -0.3 is 15.0 Å². The summed E-state index contributed by atoms with van der Waals surface area (Å²) in [5.41, 5.74) is 1.61. The van der Waals surface area contributed by atoms with Gasteiger partial charge in [0.15, 0.2) is 5.96 Å². The average molecular weight is 350 g/mol. The summed E-state index contributed by atoms with van der Waals surface area (Å²) in [4.78, 5) is 6.55. The third-order valence-electron chi connectivity index (χ3n) is 5.09. The molecule has 0 radical (unpaired) electrons. The third kappa shape index (κ3) is 4.64. The van der Waals surface area contributed by atoms with Crippen LogP contribution in [0.2, 0.25) is 5.02 Å². The lowest BCUT2D eigenvalue weighted by molar-refractivity contribution is 0.115. The van der Waals surface area contributed by atoms with E-state index in [1.165, 1.54) is 31.2 Å². The summed E-state index contributed by atoms with van der Waals surface area (Å²) < 4.78 is 5.72. The van der Waals surface area contributed by atoms with E-state index in [0.717, 1.165) is 43.2 Å². The van der Waals surface area contributed by atoms with Crippen LogP contribution < -0.4 is 5.32 Å². The molecule has 1 aromatic carbocycles. The van der Waals surface area contributed by atoms with Crippen LogP contribution in [0.4, 0.5) is 0 Å². The SMILES string of the molecule is CN=C(NCC1(c2ccc(Cl)cc2)CC1)N(C)CCOCC1CC1. The molecule has 24 heavy (non-hydrogen) atoms. The molecule has 0 atom stereocenters. The number of nitrogens with one attached hydrogen (secondary N) is 1. The van der Waals surface area contributed by atoms with E-state index in [2.05, 4.69) is 34.4 Å². The van der Waals surface area contributed by atoms with Crippen LogP contribution in [0.1, 0.15) is 31.2 Å². The van der Waals surface area contributed by atoms with Crippen LogP contribution >= 0.6 is 11.6 Å². The molecule has 0 aliphatic heterocycles. The normalized spacial score (nSPS) is 19.2. The van der Waals surface area contributed by atoms with E-state index >= 15 is 0 Å². The fourth-order valence-electron chi connectivity index (χ4n) is 3.00. The van der Waals surface area contributed by atoms with Gasteiger partial charge in [-0.05, 0) is 49.3 Å². The van der Waals surface area contributed by atoms with E-state index in [1.807, 2.05) is 19.2 Å². The summed E-state index contributed by atoms with van der Waals surface area (Å²) in [5.74, 6) is 1.76. The van der Waals surface area contributed by atoms with Crippen molar-refractivity contribution in [2.75, 3.05) is 40.4 Å². The number of likely N-dealkylation sites (N-methyl/N-ethyl adjacent to an activating group) is 1. The zero-order valence-electron chi connectivity index (χ0n) is 14.7. The number of nitrogens with zero attached hydrogens (tertiary/aromatic N) is 2. The first kappa shape index (κ1) is 17.6. The Kier molecular flexibility index (Phi) is 5.67. The number of hydrogen-bond donors (Lipinski definition) is 1. The molecular weight excluding hydrogens is 322 g/mol. The predicted octanol–water partition coefficient (Wildman–Crippen LogP) is 3.31. The minimum absolute atomic E-state index is 0.240. The molecule has 0 aromatic heterocycles. The molecule has 0 saturated heterocycles. The fourth-order valence-corrected chi connectivity index (χ4v) is 3.12. The first-order valence-electron chi connectivity index (χ1n) is 8.88. The van der Waals surface area contributed by atoms with E-state index in [-0.39, 0.29) is 5.41 Å². The van der Waals surface area contributed by atoms with Crippen LogP contribution in [0.5, 0.6) is 0 Å². The molecule has 2 saturated carbocycles. The highest BCUT2D eigenvalue weighted by Crippen LogP contribution is 2.47. The standard InChI is InChI=1S/C19H28ClN3O/c1-21-18(23(2)11-12-24-13-15-3-4-15)22-14-19(9-10-19)16-5-7-17(20)8-6-16/h5-8,15H,3-4,9-14H2,1-2H3,(H,21,22). The van der Waals surface area contributed by atoms with Crippen molar-refractivity contribution in [3.05, 3.63) is 34.9 Å². The van der Waals surface area contributed by atoms with Crippen LogP contribution in [-0.4, -0.2) is 51.3 Å². The third-order valence-corrected chi connectivity index (χ3v) is 5.34. The van der Waals surface area contributed by atoms with Crippen molar-refractivity contribution in [2.24, 2.45) is 10.9 Å². The number of guanidine groups is 1. The van der Waals surface area contributed by atoms with Crippen LogP contribution in [-0.2, 0) is 10.2 Å². The Bertz CT molecular complexity index is 564. The Balaban J connectivity index is 1.45. The van der Waals surface area contributed by atoms with E-state index in [9.17, 15) is 0 Å². The maximum Gasteiger partial charge on any atom is 0.193 e. The van der Waals surface area contributed by atoms with Crippen molar-refractivity contribution < 1.29 is 4.74 Å². The van der Waals surface area contributed by atoms with Crippen LogP contribution in [0.3, 0.4) is 0 Å². The summed E-state index contributed by atoms with van der Waals surface area (Å²) >= 11 is 6.00. The van der Waals surface area contributed by atoms with Crippen molar-refractivity contribution >= 4 is 17.6 Å². The Morgan fingerprint density at radius 3 is 2.62 bits per heavy atom. The number of halogens is 1. The Morgan fingerprint density at radius 1 is 1.33 bits per heavy atom. The van der Waals surface area contributed by atoms with Gasteiger partial charge in [-0.25, -0.2) is 0 Å². The largest absolute Gasteiger partial charge is 0.379 e. The lowest BCUT2D eigenvalue weighted by Gasteiger charge is -2.25. The minimum Gasteiger partial charge on any atom is -0.379 e. The van der Waals surface area contributed by atoms with Crippen LogP contribution in [0.15, 0.2) is 29.3 Å². The number of ether oxygens (including phenoxy) is 1. The quantitative estimate of drug-likeness (QED) is 0.444. The highest BCUT2D eigenvalue weighted by atomic mass is 35.5. The molecule has 1 aromatic rings. The zero-order chi connectivity index (χ0) is 17.0. The van der Waals surface area contributed by atoms with Crippen molar-refractivity contribution in [1.82, 2.24) is 10.2 Å². The van der Waals surface area contributed by atoms with Crippen LogP contribution in [0.25, 0.3) is 0 Å². The molecule has 4 nitrogen and oxygen atoms in total. The molecule has 1 N–H and O–H groups in total. The second-order valence-corrected chi connectivity index (χ2v) is 7.56. The minimum atomic E-state index is 0.240. The molecule has 5 heteroatoms. The Morgan fingerprint density at radius 2 is 2.04 bits per heavy atom. The Hall–Kier alpha value is -1.26. The van der Waals surface area contributed by atoms with Gasteiger partial charge in [0.2, 0.25) is 0 Å². The molecule has 0 bridgehead atoms. The van der Waals surface area contributed by atoms with Gasteiger partial charge in [-0.1, -0.05) is 23.7 Å². The summed E-state index contributed by atoms with van der Waals surface area (Å²) in [6.07, 6.45) is 5.11. The molecule has 0 spiro atoms. The van der Waals surface area contributed by atoms with Gasteiger partial charge in [-0.3, -0.25) is 4.99 Å². The van der Waals surface area contributed by atoms with Gasteiger partial charge in [0.25, 0.3) is 0 Å². The van der Waals surface area contributed by atoms with Crippen molar-refractivity contribution in [1.29, 1.82) is 0 Å². The first-order valence-corrected chi connectivity index (χ1v) is 9.26. The number of benzene rings is 1. The molecule has 2 fully saturated rings. The second kappa shape index (κ2) is 7.75. The first-order chi connectivity index (χ1) is 11.6. The molecule has 2 aliphatic rings. The van der Waals surface area contributed by atoms with E-state index in [4.69, 9.17) is 16.3 Å². The van der Waals surface area contributed by atoms with Gasteiger partial charge in [0.05, 0.1) is 6.61 Å². The summed E-state index contributed by atoms with van der Waals surface area (Å²) in [6, 6.07) is 8.26. The number of rotatable bonds is 8. The van der Waals surface area contributed by atoms with Gasteiger partial charge >= 0.3 is 0 Å². The average Bonchev–Trinajstić information content (AvgIpc) is 3.48. The molecule has 3 rings (SSSR count). The van der Waals surface area contributed by atoms with Crippen molar-refractivity contribution in [3.63, 3.8) is 0 Å². The molecule has 0 unspecified atom stereocenters. The predicted molar refractivity (Wildman–Crippen MR) is 99.9 cm³/mol. The summed E-state index contributed by atoms with van der Waals surface area (Å²) in [6.45, 7) is 3.45. The molecule has 0 amide bonds. The molecular formula is C19H28ClN3O. The van der Waals surface area contributed by atoms with Crippen LogP contribution in [0, 0.1) is 5.92 Å². The second-order valence-electron chi connectivity index (χ2n) is 7.13. The van der Waals surface area contributed by atoms with Gasteiger partial charge in [-0.2, -0.15) is 0 Å². The molecule has 0 heterocycles. The zero-order valence-corrected chi connectivity index (χ0v) is 15.5. The van der Waals surface area contributed by atoms with Crippen molar-refractivity contribution in [2.45, 2.75) is 31.1 Å². The van der Waals surface area contributed by atoms with Gasteiger partial charge in [0, 0.05) is 44.2 Å². The number of aliphatic imine (C=N–C) groups is 1. The fraction of sp³-hybridized carbons (Fsp3) is 0.632. The monoisotopic (exact) mass is 349 g/mol. The van der Waals surface area contributed by atoms with Crippen molar-refractivity contribution in [3.8, 4) is 0 Å². The molecule has 2 aliphatic carbocycles. The lowest BCUT2D eigenvalue weighted by Crippen LogP contribution is -2.43. The lowest BCUT2D eigenvalue weighted by atomic mass is 9.96. The highest BCUT2D eigenvalue weighted by Gasteiger charge is 2.44. The van der Waals surface area contributed by atoms with Gasteiger partial charge in [-0.15, -0.1) is 0 Å². The van der Waals surface area contributed by atoms with Gasteiger partial charge in [0.1, 0.15) is 0 Å².